The molecule has 1 aromatic rings. The van der Waals surface area contributed by atoms with Crippen LogP contribution in [0.3, 0.4) is 0 Å². The Kier molecular flexibility index (Phi) is 4.66. The zero-order valence-electron chi connectivity index (χ0n) is 13.2. The van der Waals surface area contributed by atoms with E-state index in [1.54, 1.807) is 0 Å². The summed E-state index contributed by atoms with van der Waals surface area (Å²) in [5.41, 5.74) is -0.946. The zero-order chi connectivity index (χ0) is 16.3. The quantitative estimate of drug-likeness (QED) is 0.846. The summed E-state index contributed by atoms with van der Waals surface area (Å²) in [5.74, 6) is -0.0930. The molecule has 7 nitrogen and oxygen atoms in total. The van der Waals surface area contributed by atoms with Crippen molar-refractivity contribution in [3.05, 3.63) is 33.1 Å². The Morgan fingerprint density at radius 1 is 1.35 bits per heavy atom. The number of aromatic amines is 1. The third kappa shape index (κ3) is 3.90. The highest BCUT2D eigenvalue weighted by Gasteiger charge is 2.41. The number of rotatable bonds is 4. The predicted octanol–water partition coefficient (Wildman–Crippen LogP) is 0.535. The highest BCUT2D eigenvalue weighted by atomic mass is 16.5. The molecule has 3 rings (SSSR count). The van der Waals surface area contributed by atoms with Crippen molar-refractivity contribution in [2.75, 3.05) is 6.61 Å². The average Bonchev–Trinajstić information content (AvgIpc) is 2.89. The first-order chi connectivity index (χ1) is 11.1. The van der Waals surface area contributed by atoms with Gasteiger partial charge in [-0.3, -0.25) is 14.6 Å². The summed E-state index contributed by atoms with van der Waals surface area (Å²) < 4.78 is 7.31. The van der Waals surface area contributed by atoms with E-state index >= 15 is 0 Å². The van der Waals surface area contributed by atoms with Crippen LogP contribution >= 0.6 is 0 Å². The number of carbonyl (C=O) groups excluding carboxylic acids is 1. The van der Waals surface area contributed by atoms with Gasteiger partial charge < -0.3 is 14.6 Å². The lowest BCUT2D eigenvalue weighted by Gasteiger charge is -2.32. The monoisotopic (exact) mass is 321 g/mol. The van der Waals surface area contributed by atoms with Crippen LogP contribution in [0.25, 0.3) is 0 Å². The molecule has 1 aromatic heterocycles. The maximum Gasteiger partial charge on any atom is 0.328 e. The molecule has 2 N–H and O–H groups in total. The second kappa shape index (κ2) is 6.70. The minimum Gasteiger partial charge on any atom is -0.373 e. The van der Waals surface area contributed by atoms with E-state index in [9.17, 15) is 14.4 Å². The molecule has 7 heteroatoms. The van der Waals surface area contributed by atoms with Gasteiger partial charge in [-0.15, -0.1) is 0 Å². The Bertz CT molecular complexity index is 672. The van der Waals surface area contributed by atoms with Gasteiger partial charge in [0.2, 0.25) is 5.91 Å². The molecule has 1 aliphatic heterocycles. The highest BCUT2D eigenvalue weighted by Crippen LogP contribution is 2.39. The third-order valence-electron chi connectivity index (χ3n) is 4.82. The minimum atomic E-state index is -0.490. The molecule has 23 heavy (non-hydrogen) atoms. The van der Waals surface area contributed by atoms with Gasteiger partial charge in [-0.05, 0) is 19.3 Å². The van der Waals surface area contributed by atoms with Crippen LogP contribution in [-0.2, 0) is 16.1 Å². The largest absolute Gasteiger partial charge is 0.373 e. The highest BCUT2D eigenvalue weighted by molar-refractivity contribution is 5.76. The Morgan fingerprint density at radius 3 is 2.87 bits per heavy atom. The summed E-state index contributed by atoms with van der Waals surface area (Å²) in [4.78, 5) is 36.8. The molecule has 1 saturated carbocycles. The Morgan fingerprint density at radius 2 is 2.13 bits per heavy atom. The number of hydrogen-bond donors (Lipinski definition) is 2. The molecule has 1 atom stereocenters. The van der Waals surface area contributed by atoms with Gasteiger partial charge in [-0.25, -0.2) is 4.79 Å². The fourth-order valence-corrected chi connectivity index (χ4v) is 3.62. The number of nitrogens with zero attached hydrogens (tertiary/aromatic N) is 1. The van der Waals surface area contributed by atoms with E-state index < -0.39 is 11.2 Å². The smallest absolute Gasteiger partial charge is 0.328 e. The van der Waals surface area contributed by atoms with E-state index in [-0.39, 0.29) is 30.5 Å². The summed E-state index contributed by atoms with van der Waals surface area (Å²) in [5, 5.41) is 3.00. The summed E-state index contributed by atoms with van der Waals surface area (Å²) in [6.45, 7) is 0.824. The molecule has 0 aromatic carbocycles. The van der Waals surface area contributed by atoms with Gasteiger partial charge in [-0.2, -0.15) is 0 Å². The topological polar surface area (TPSA) is 93.2 Å². The van der Waals surface area contributed by atoms with E-state index in [0.29, 0.717) is 6.61 Å². The van der Waals surface area contributed by atoms with Gasteiger partial charge in [0.05, 0.1) is 18.2 Å². The molecule has 1 amide bonds. The van der Waals surface area contributed by atoms with Crippen LogP contribution in [0.2, 0.25) is 0 Å². The average molecular weight is 321 g/mol. The van der Waals surface area contributed by atoms with Crippen molar-refractivity contribution >= 4 is 5.91 Å². The lowest BCUT2D eigenvalue weighted by molar-refractivity contribution is -0.122. The van der Waals surface area contributed by atoms with Crippen molar-refractivity contribution in [3.8, 4) is 0 Å². The Labute approximate surface area is 134 Å². The van der Waals surface area contributed by atoms with Crippen molar-refractivity contribution < 1.29 is 9.53 Å². The number of aromatic nitrogens is 2. The van der Waals surface area contributed by atoms with Gasteiger partial charge in [0.1, 0.15) is 0 Å². The first-order valence-electron chi connectivity index (χ1n) is 8.29. The van der Waals surface area contributed by atoms with E-state index in [2.05, 4.69) is 10.3 Å². The van der Waals surface area contributed by atoms with Gasteiger partial charge in [-0.1, -0.05) is 19.3 Å². The minimum absolute atomic E-state index is 0.0218. The lowest BCUT2D eigenvalue weighted by Crippen LogP contribution is -2.38. The molecular weight excluding hydrogens is 298 g/mol. The molecule has 0 radical (unpaired) electrons. The number of amides is 1. The van der Waals surface area contributed by atoms with E-state index in [4.69, 9.17) is 4.74 Å². The van der Waals surface area contributed by atoms with Crippen LogP contribution in [0.5, 0.6) is 0 Å². The van der Waals surface area contributed by atoms with Gasteiger partial charge in [0.15, 0.2) is 0 Å². The first-order valence-corrected chi connectivity index (χ1v) is 8.29. The Balaban J connectivity index is 1.48. The number of nitrogens with one attached hydrogen (secondary N) is 2. The second-order valence-corrected chi connectivity index (χ2v) is 6.58. The van der Waals surface area contributed by atoms with E-state index in [1.807, 2.05) is 0 Å². The summed E-state index contributed by atoms with van der Waals surface area (Å²) >= 11 is 0. The van der Waals surface area contributed by atoms with Gasteiger partial charge >= 0.3 is 5.69 Å². The van der Waals surface area contributed by atoms with E-state index in [0.717, 1.165) is 19.3 Å². The SMILES string of the molecule is O=C(CCn1ccc(=O)[nH]c1=O)N[C@H]1COC2(CCCCC2)C1. The number of hydrogen-bond acceptors (Lipinski definition) is 4. The predicted molar refractivity (Wildman–Crippen MR) is 84.3 cm³/mol. The molecule has 1 saturated heterocycles. The van der Waals surface area contributed by atoms with Crippen molar-refractivity contribution in [3.63, 3.8) is 0 Å². The maximum atomic E-state index is 12.1. The van der Waals surface area contributed by atoms with Crippen LogP contribution in [-0.4, -0.2) is 33.7 Å². The van der Waals surface area contributed by atoms with Crippen molar-refractivity contribution in [2.24, 2.45) is 0 Å². The van der Waals surface area contributed by atoms with Gasteiger partial charge in [0.25, 0.3) is 5.56 Å². The number of carbonyl (C=O) groups is 1. The fourth-order valence-electron chi connectivity index (χ4n) is 3.62. The molecule has 0 bridgehead atoms. The lowest BCUT2D eigenvalue weighted by atomic mass is 9.82. The molecule has 1 spiro atoms. The van der Waals surface area contributed by atoms with E-state index in [1.165, 1.54) is 36.1 Å². The van der Waals surface area contributed by atoms with Crippen LogP contribution in [0.4, 0.5) is 0 Å². The third-order valence-corrected chi connectivity index (χ3v) is 4.82. The summed E-state index contributed by atoms with van der Waals surface area (Å²) in [6, 6.07) is 1.34. The van der Waals surface area contributed by atoms with Crippen LogP contribution in [0.1, 0.15) is 44.9 Å². The molecule has 1 aliphatic carbocycles. The molecule has 2 fully saturated rings. The van der Waals surface area contributed by atoms with Crippen LogP contribution in [0, 0.1) is 0 Å². The summed E-state index contributed by atoms with van der Waals surface area (Å²) in [6.07, 6.45) is 8.36. The molecule has 126 valence electrons. The Hall–Kier alpha value is -1.89. The summed E-state index contributed by atoms with van der Waals surface area (Å²) in [7, 11) is 0. The normalized spacial score (nSPS) is 23.0. The second-order valence-electron chi connectivity index (χ2n) is 6.58. The van der Waals surface area contributed by atoms with Crippen molar-refractivity contribution in [1.82, 2.24) is 14.9 Å². The number of H-pyrrole nitrogens is 1. The zero-order valence-corrected chi connectivity index (χ0v) is 13.2. The maximum absolute atomic E-state index is 12.1. The molecule has 2 aliphatic rings. The first kappa shape index (κ1) is 16.0. The van der Waals surface area contributed by atoms with Crippen molar-refractivity contribution in [1.29, 1.82) is 0 Å². The number of ether oxygens (including phenoxy) is 1. The molecule has 0 unspecified atom stereocenters. The van der Waals surface area contributed by atoms with Crippen molar-refractivity contribution in [2.45, 2.75) is 63.1 Å². The van der Waals surface area contributed by atoms with Crippen LogP contribution < -0.4 is 16.6 Å². The molecular formula is C16H23N3O4. The van der Waals surface area contributed by atoms with Crippen LogP contribution in [0.15, 0.2) is 21.9 Å². The van der Waals surface area contributed by atoms with Gasteiger partial charge in [0, 0.05) is 25.2 Å². The standard InChI is InChI=1S/C16H23N3O4/c20-13(4-8-19-9-5-14(21)18-15(19)22)17-12-10-16(23-11-12)6-2-1-3-7-16/h5,9,12H,1-4,6-8,10-11H2,(H,17,20)(H,18,21,22)/t12-/m1/s1. The molecule has 2 heterocycles. The fraction of sp³-hybridized carbons (Fsp3) is 0.688. The number of aryl methyl sites for hydroxylation is 1.